The zero-order valence-corrected chi connectivity index (χ0v) is 10.4. The van der Waals surface area contributed by atoms with Crippen molar-refractivity contribution in [2.75, 3.05) is 33.3 Å². The van der Waals surface area contributed by atoms with E-state index in [9.17, 15) is 9.90 Å². The van der Waals surface area contributed by atoms with E-state index in [1.165, 1.54) is 12.1 Å². The van der Waals surface area contributed by atoms with Gasteiger partial charge in [0.25, 0.3) is 5.91 Å². The van der Waals surface area contributed by atoms with E-state index in [1.807, 2.05) is 7.05 Å². The van der Waals surface area contributed by atoms with Crippen LogP contribution in [0.4, 0.5) is 0 Å². The van der Waals surface area contributed by atoms with Crippen molar-refractivity contribution in [3.63, 3.8) is 0 Å². The molecule has 1 aromatic rings. The van der Waals surface area contributed by atoms with Gasteiger partial charge >= 0.3 is 0 Å². The molecule has 0 aliphatic carbocycles. The van der Waals surface area contributed by atoms with Gasteiger partial charge in [-0.2, -0.15) is 0 Å². The first kappa shape index (κ1) is 12.9. The zero-order valence-electron chi connectivity index (χ0n) is 10.4. The highest BCUT2D eigenvalue weighted by atomic mass is 16.5. The molecule has 18 heavy (non-hydrogen) atoms. The number of benzene rings is 1. The van der Waals surface area contributed by atoms with Crippen LogP contribution in [-0.2, 0) is 4.74 Å². The molecule has 98 valence electrons. The minimum Gasteiger partial charge on any atom is -0.508 e. The Bertz CT molecular complexity index is 403. The summed E-state index contributed by atoms with van der Waals surface area (Å²) in [5.41, 5.74) is 0.595. The molecule has 1 heterocycles. The lowest BCUT2D eigenvalue weighted by atomic mass is 10.1. The number of hydrogen-bond donors (Lipinski definition) is 2. The van der Waals surface area contributed by atoms with Crippen molar-refractivity contribution in [2.45, 2.75) is 6.10 Å². The second-order valence-corrected chi connectivity index (χ2v) is 4.35. The number of phenols is 1. The number of morpholine rings is 1. The van der Waals surface area contributed by atoms with Crippen molar-refractivity contribution in [1.82, 2.24) is 10.2 Å². The fourth-order valence-corrected chi connectivity index (χ4v) is 2.04. The van der Waals surface area contributed by atoms with E-state index in [0.717, 1.165) is 6.54 Å². The van der Waals surface area contributed by atoms with E-state index < -0.39 is 0 Å². The largest absolute Gasteiger partial charge is 0.508 e. The summed E-state index contributed by atoms with van der Waals surface area (Å²) in [6, 6.07) is 6.33. The molecule has 2 N–H and O–H groups in total. The van der Waals surface area contributed by atoms with Crippen LogP contribution in [-0.4, -0.2) is 55.3 Å². The monoisotopic (exact) mass is 250 g/mol. The molecule has 0 saturated carbocycles. The van der Waals surface area contributed by atoms with Crippen LogP contribution in [0, 0.1) is 0 Å². The Morgan fingerprint density at radius 2 is 2.22 bits per heavy atom. The highest BCUT2D eigenvalue weighted by Gasteiger charge is 2.24. The number of aromatic hydroxyl groups is 1. The third kappa shape index (κ3) is 3.00. The SMILES string of the molecule is CNCC1CN(C(=O)c2ccc(O)cc2)CCO1. The molecule has 2 rings (SSSR count). The molecule has 0 radical (unpaired) electrons. The summed E-state index contributed by atoms with van der Waals surface area (Å²) in [5, 5.41) is 12.3. The lowest BCUT2D eigenvalue weighted by Gasteiger charge is -2.33. The average Bonchev–Trinajstić information content (AvgIpc) is 2.39. The summed E-state index contributed by atoms with van der Waals surface area (Å²) in [7, 11) is 1.87. The van der Waals surface area contributed by atoms with Crippen LogP contribution in [0.25, 0.3) is 0 Å². The van der Waals surface area contributed by atoms with Crippen LogP contribution in [0.2, 0.25) is 0 Å². The molecule has 1 saturated heterocycles. The van der Waals surface area contributed by atoms with Crippen LogP contribution in [0.1, 0.15) is 10.4 Å². The number of ether oxygens (including phenoxy) is 1. The maximum Gasteiger partial charge on any atom is 0.254 e. The van der Waals surface area contributed by atoms with E-state index in [0.29, 0.717) is 25.3 Å². The first-order chi connectivity index (χ1) is 8.70. The second kappa shape index (κ2) is 5.84. The molecular weight excluding hydrogens is 232 g/mol. The Hall–Kier alpha value is -1.59. The van der Waals surface area contributed by atoms with Crippen LogP contribution < -0.4 is 5.32 Å². The Morgan fingerprint density at radius 3 is 2.89 bits per heavy atom. The highest BCUT2D eigenvalue weighted by Crippen LogP contribution is 2.14. The van der Waals surface area contributed by atoms with Crippen LogP contribution in [0.3, 0.4) is 0 Å². The van der Waals surface area contributed by atoms with Crippen LogP contribution in [0.5, 0.6) is 5.75 Å². The quantitative estimate of drug-likeness (QED) is 0.818. The zero-order chi connectivity index (χ0) is 13.0. The first-order valence-electron chi connectivity index (χ1n) is 6.05. The van der Waals surface area contributed by atoms with E-state index in [-0.39, 0.29) is 17.8 Å². The predicted molar refractivity (Wildman–Crippen MR) is 67.7 cm³/mol. The molecule has 1 aliphatic heterocycles. The van der Waals surface area contributed by atoms with E-state index in [1.54, 1.807) is 17.0 Å². The molecule has 0 aromatic heterocycles. The molecule has 1 atom stereocenters. The van der Waals surface area contributed by atoms with E-state index >= 15 is 0 Å². The van der Waals surface area contributed by atoms with Crippen LogP contribution >= 0.6 is 0 Å². The maximum atomic E-state index is 12.2. The molecule has 1 aliphatic rings. The second-order valence-electron chi connectivity index (χ2n) is 4.35. The van der Waals surface area contributed by atoms with Gasteiger partial charge in [0.05, 0.1) is 12.7 Å². The molecule has 5 heteroatoms. The van der Waals surface area contributed by atoms with Crippen molar-refractivity contribution in [2.24, 2.45) is 0 Å². The molecule has 0 spiro atoms. The molecule has 1 amide bonds. The highest BCUT2D eigenvalue weighted by molar-refractivity contribution is 5.94. The fraction of sp³-hybridized carbons (Fsp3) is 0.462. The van der Waals surface area contributed by atoms with Gasteiger partial charge in [0.1, 0.15) is 5.75 Å². The number of carbonyl (C=O) groups excluding carboxylic acids is 1. The lowest BCUT2D eigenvalue weighted by Crippen LogP contribution is -2.48. The topological polar surface area (TPSA) is 61.8 Å². The molecule has 1 unspecified atom stereocenters. The van der Waals surface area contributed by atoms with Gasteiger partial charge in [-0.25, -0.2) is 0 Å². The lowest BCUT2D eigenvalue weighted by molar-refractivity contribution is -0.0196. The Kier molecular flexibility index (Phi) is 4.17. The van der Waals surface area contributed by atoms with Crippen molar-refractivity contribution >= 4 is 5.91 Å². The Balaban J connectivity index is 2.02. The Labute approximate surface area is 106 Å². The van der Waals surface area contributed by atoms with Crippen LogP contribution in [0.15, 0.2) is 24.3 Å². The van der Waals surface area contributed by atoms with Gasteiger partial charge in [-0.15, -0.1) is 0 Å². The number of rotatable bonds is 3. The fourth-order valence-electron chi connectivity index (χ4n) is 2.04. The third-order valence-electron chi connectivity index (χ3n) is 2.97. The van der Waals surface area contributed by atoms with Crippen molar-refractivity contribution in [3.05, 3.63) is 29.8 Å². The number of nitrogens with zero attached hydrogens (tertiary/aromatic N) is 1. The summed E-state index contributed by atoms with van der Waals surface area (Å²) in [5.74, 6) is 0.154. The van der Waals surface area contributed by atoms with Gasteiger partial charge < -0.3 is 20.1 Å². The predicted octanol–water partition coefficient (Wildman–Crippen LogP) is 0.453. The summed E-state index contributed by atoms with van der Waals surface area (Å²) < 4.78 is 5.56. The molecule has 0 bridgehead atoms. The molecule has 1 fully saturated rings. The third-order valence-corrected chi connectivity index (χ3v) is 2.97. The minimum atomic E-state index is -0.0144. The minimum absolute atomic E-state index is 0.0144. The number of nitrogens with one attached hydrogen (secondary N) is 1. The number of phenolic OH excluding ortho intramolecular Hbond substituents is 1. The number of carbonyl (C=O) groups is 1. The van der Waals surface area contributed by atoms with Crippen molar-refractivity contribution < 1.29 is 14.6 Å². The smallest absolute Gasteiger partial charge is 0.254 e. The van der Waals surface area contributed by atoms with Gasteiger partial charge in [-0.3, -0.25) is 4.79 Å². The number of likely N-dealkylation sites (N-methyl/N-ethyl adjacent to an activating group) is 1. The summed E-state index contributed by atoms with van der Waals surface area (Å²) in [6.45, 7) is 2.51. The van der Waals surface area contributed by atoms with Gasteiger partial charge in [0.15, 0.2) is 0 Å². The summed E-state index contributed by atoms with van der Waals surface area (Å²) >= 11 is 0. The standard InChI is InChI=1S/C13H18N2O3/c1-14-8-12-9-15(6-7-18-12)13(17)10-2-4-11(16)5-3-10/h2-5,12,14,16H,6-9H2,1H3. The normalized spacial score (nSPS) is 19.8. The summed E-state index contributed by atoms with van der Waals surface area (Å²) in [4.78, 5) is 14.0. The molecular formula is C13H18N2O3. The van der Waals surface area contributed by atoms with Gasteiger partial charge in [-0.05, 0) is 31.3 Å². The van der Waals surface area contributed by atoms with Crippen molar-refractivity contribution in [3.8, 4) is 5.75 Å². The summed E-state index contributed by atoms with van der Waals surface area (Å²) in [6.07, 6.45) is 0.0461. The van der Waals surface area contributed by atoms with Crippen molar-refractivity contribution in [1.29, 1.82) is 0 Å². The van der Waals surface area contributed by atoms with Gasteiger partial charge in [0, 0.05) is 25.2 Å². The maximum absolute atomic E-state index is 12.2. The molecule has 5 nitrogen and oxygen atoms in total. The van der Waals surface area contributed by atoms with Gasteiger partial charge in [-0.1, -0.05) is 0 Å². The van der Waals surface area contributed by atoms with E-state index in [2.05, 4.69) is 5.32 Å². The molecule has 1 aromatic carbocycles. The van der Waals surface area contributed by atoms with E-state index in [4.69, 9.17) is 4.74 Å². The first-order valence-corrected chi connectivity index (χ1v) is 6.05. The average molecular weight is 250 g/mol. The Morgan fingerprint density at radius 1 is 1.50 bits per heavy atom. The number of amides is 1. The number of hydrogen-bond acceptors (Lipinski definition) is 4. The van der Waals surface area contributed by atoms with Gasteiger partial charge in [0.2, 0.25) is 0 Å².